The van der Waals surface area contributed by atoms with Crippen LogP contribution in [-0.2, 0) is 0 Å². The van der Waals surface area contributed by atoms with Crippen molar-refractivity contribution in [1.82, 2.24) is 14.9 Å². The van der Waals surface area contributed by atoms with Crippen LogP contribution in [0.1, 0.15) is 37.9 Å². The molecule has 3 nitrogen and oxygen atoms in total. The molecule has 0 radical (unpaired) electrons. The van der Waals surface area contributed by atoms with Crippen molar-refractivity contribution in [3.05, 3.63) is 11.1 Å². The summed E-state index contributed by atoms with van der Waals surface area (Å²) in [4.78, 5) is 0. The Labute approximate surface area is 96.2 Å². The average molecular weight is 253 g/mol. The first-order valence-corrected chi connectivity index (χ1v) is 5.93. The van der Waals surface area contributed by atoms with E-state index in [1.165, 1.54) is 11.5 Å². The minimum Gasteiger partial charge on any atom is -0.309 e. The number of hydrogen-bond acceptors (Lipinski definition) is 4. The molecule has 0 aliphatic heterocycles. The summed E-state index contributed by atoms with van der Waals surface area (Å²) in [5.74, 6) is 0. The van der Waals surface area contributed by atoms with Crippen LogP contribution in [0.25, 0.3) is 0 Å². The standard InChI is InChI=1S/C9H14F3N3S/c1-2-13-7(8-6-16-15-14-8)4-3-5-9(10,11)12/h6-7,13H,2-5H2,1H3. The first-order valence-electron chi connectivity index (χ1n) is 5.10. The fourth-order valence-electron chi connectivity index (χ4n) is 1.43. The fraction of sp³-hybridized carbons (Fsp3) is 0.778. The van der Waals surface area contributed by atoms with Crippen molar-refractivity contribution < 1.29 is 13.2 Å². The Morgan fingerprint density at radius 3 is 2.75 bits per heavy atom. The largest absolute Gasteiger partial charge is 0.389 e. The highest BCUT2D eigenvalue weighted by atomic mass is 32.1. The molecule has 0 spiro atoms. The lowest BCUT2D eigenvalue weighted by Crippen LogP contribution is -2.22. The van der Waals surface area contributed by atoms with Gasteiger partial charge in [-0.3, -0.25) is 0 Å². The second-order valence-electron chi connectivity index (χ2n) is 3.45. The predicted molar refractivity (Wildman–Crippen MR) is 56.2 cm³/mol. The molecule has 1 aromatic rings. The topological polar surface area (TPSA) is 37.8 Å². The minimum absolute atomic E-state index is 0.110. The number of alkyl halides is 3. The van der Waals surface area contributed by atoms with Crippen molar-refractivity contribution in [3.8, 4) is 0 Å². The zero-order valence-electron chi connectivity index (χ0n) is 8.92. The Morgan fingerprint density at radius 1 is 1.50 bits per heavy atom. The zero-order chi connectivity index (χ0) is 12.0. The van der Waals surface area contributed by atoms with E-state index in [4.69, 9.17) is 0 Å². The molecular weight excluding hydrogens is 239 g/mol. The van der Waals surface area contributed by atoms with Crippen molar-refractivity contribution in [2.45, 2.75) is 38.4 Å². The Morgan fingerprint density at radius 2 is 2.25 bits per heavy atom. The van der Waals surface area contributed by atoms with Gasteiger partial charge in [-0.1, -0.05) is 11.4 Å². The molecule has 1 aromatic heterocycles. The van der Waals surface area contributed by atoms with Crippen LogP contribution in [0.4, 0.5) is 13.2 Å². The highest BCUT2D eigenvalue weighted by Crippen LogP contribution is 2.25. The van der Waals surface area contributed by atoms with E-state index in [1.54, 1.807) is 5.38 Å². The number of hydrogen-bond donors (Lipinski definition) is 1. The first-order chi connectivity index (χ1) is 7.53. The van der Waals surface area contributed by atoms with Crippen molar-refractivity contribution in [2.24, 2.45) is 0 Å². The van der Waals surface area contributed by atoms with E-state index in [1.807, 2.05) is 6.92 Å². The van der Waals surface area contributed by atoms with Gasteiger partial charge in [0.2, 0.25) is 0 Å². The molecule has 1 N–H and O–H groups in total. The number of nitrogens with zero attached hydrogens (tertiary/aromatic N) is 2. The summed E-state index contributed by atoms with van der Waals surface area (Å²) in [6.07, 6.45) is -4.28. The van der Waals surface area contributed by atoms with Crippen LogP contribution in [0.5, 0.6) is 0 Å². The lowest BCUT2D eigenvalue weighted by molar-refractivity contribution is -0.135. The molecule has 0 amide bonds. The van der Waals surface area contributed by atoms with Crippen LogP contribution in [0, 0.1) is 0 Å². The summed E-state index contributed by atoms with van der Waals surface area (Å²) in [5.41, 5.74) is 0.731. The smallest absolute Gasteiger partial charge is 0.309 e. The summed E-state index contributed by atoms with van der Waals surface area (Å²) in [5, 5.41) is 8.75. The van der Waals surface area contributed by atoms with Crippen LogP contribution in [0.15, 0.2) is 5.38 Å². The van der Waals surface area contributed by atoms with Crippen LogP contribution in [-0.4, -0.2) is 22.3 Å². The van der Waals surface area contributed by atoms with E-state index in [-0.39, 0.29) is 12.5 Å². The summed E-state index contributed by atoms with van der Waals surface area (Å²) in [6.45, 7) is 2.62. The van der Waals surface area contributed by atoms with Crippen molar-refractivity contribution in [1.29, 1.82) is 0 Å². The Hall–Kier alpha value is -0.690. The number of rotatable bonds is 6. The molecule has 1 unspecified atom stereocenters. The molecule has 0 fully saturated rings. The van der Waals surface area contributed by atoms with Crippen LogP contribution in [0.3, 0.4) is 0 Å². The number of aromatic nitrogens is 2. The van der Waals surface area contributed by atoms with E-state index in [0.717, 1.165) is 5.69 Å². The maximum Gasteiger partial charge on any atom is 0.389 e. The summed E-state index contributed by atoms with van der Waals surface area (Å²) in [7, 11) is 0. The van der Waals surface area contributed by atoms with Gasteiger partial charge >= 0.3 is 6.18 Å². The van der Waals surface area contributed by atoms with Gasteiger partial charge in [-0.05, 0) is 30.9 Å². The minimum atomic E-state index is -4.07. The maximum absolute atomic E-state index is 12.0. The van der Waals surface area contributed by atoms with E-state index in [0.29, 0.717) is 13.0 Å². The third-order valence-corrected chi connectivity index (χ3v) is 2.66. The normalized spacial score (nSPS) is 14.0. The van der Waals surface area contributed by atoms with Gasteiger partial charge in [0.05, 0.1) is 11.7 Å². The van der Waals surface area contributed by atoms with E-state index in [2.05, 4.69) is 14.9 Å². The molecule has 0 saturated carbocycles. The molecule has 1 rings (SSSR count). The Bertz CT molecular complexity index is 287. The number of nitrogens with one attached hydrogen (secondary N) is 1. The molecule has 92 valence electrons. The molecule has 7 heteroatoms. The van der Waals surface area contributed by atoms with Crippen molar-refractivity contribution in [2.75, 3.05) is 6.54 Å². The summed E-state index contributed by atoms with van der Waals surface area (Å²) < 4.78 is 39.7. The van der Waals surface area contributed by atoms with Crippen molar-refractivity contribution >= 4 is 11.5 Å². The van der Waals surface area contributed by atoms with Gasteiger partial charge in [0, 0.05) is 11.8 Å². The fourth-order valence-corrected chi connectivity index (χ4v) is 1.94. The van der Waals surface area contributed by atoms with Gasteiger partial charge in [0.15, 0.2) is 0 Å². The first kappa shape index (κ1) is 13.4. The van der Waals surface area contributed by atoms with Crippen LogP contribution >= 0.6 is 11.5 Å². The Balaban J connectivity index is 2.41. The number of halogens is 3. The van der Waals surface area contributed by atoms with E-state index in [9.17, 15) is 13.2 Å². The van der Waals surface area contributed by atoms with Crippen LogP contribution in [0.2, 0.25) is 0 Å². The molecule has 1 atom stereocenters. The van der Waals surface area contributed by atoms with Gasteiger partial charge in [-0.25, -0.2) is 0 Å². The molecule has 0 saturated heterocycles. The van der Waals surface area contributed by atoms with Gasteiger partial charge in [0.25, 0.3) is 0 Å². The highest BCUT2D eigenvalue weighted by molar-refractivity contribution is 7.03. The Kier molecular flexibility index (Phi) is 5.14. The zero-order valence-corrected chi connectivity index (χ0v) is 9.74. The average Bonchev–Trinajstić information content (AvgIpc) is 2.67. The third-order valence-electron chi connectivity index (χ3n) is 2.14. The second kappa shape index (κ2) is 6.15. The molecule has 0 aliphatic carbocycles. The van der Waals surface area contributed by atoms with Crippen molar-refractivity contribution in [3.63, 3.8) is 0 Å². The van der Waals surface area contributed by atoms with Gasteiger partial charge in [-0.15, -0.1) is 5.10 Å². The van der Waals surface area contributed by atoms with Gasteiger partial charge in [-0.2, -0.15) is 13.2 Å². The quantitative estimate of drug-likeness (QED) is 0.847. The van der Waals surface area contributed by atoms with Gasteiger partial charge in [0.1, 0.15) is 0 Å². The lowest BCUT2D eigenvalue weighted by atomic mass is 10.1. The molecule has 0 bridgehead atoms. The lowest BCUT2D eigenvalue weighted by Gasteiger charge is -2.15. The summed E-state index contributed by atoms with van der Waals surface area (Å²) >= 11 is 1.21. The molecular formula is C9H14F3N3S. The highest BCUT2D eigenvalue weighted by Gasteiger charge is 2.27. The predicted octanol–water partition coefficient (Wildman–Crippen LogP) is 2.92. The molecule has 0 aromatic carbocycles. The second-order valence-corrected chi connectivity index (χ2v) is 4.06. The van der Waals surface area contributed by atoms with E-state index >= 15 is 0 Å². The summed E-state index contributed by atoms with van der Waals surface area (Å²) in [6, 6.07) is -0.119. The molecule has 16 heavy (non-hydrogen) atoms. The van der Waals surface area contributed by atoms with Gasteiger partial charge < -0.3 is 5.32 Å². The molecule has 1 heterocycles. The maximum atomic E-state index is 12.0. The van der Waals surface area contributed by atoms with Crippen LogP contribution < -0.4 is 5.32 Å². The SMILES string of the molecule is CCNC(CCCC(F)(F)F)c1csnn1. The third kappa shape index (κ3) is 4.89. The monoisotopic (exact) mass is 253 g/mol. The molecule has 0 aliphatic rings. The van der Waals surface area contributed by atoms with E-state index < -0.39 is 12.6 Å².